The second kappa shape index (κ2) is 8.63. The minimum atomic E-state index is -4.99. The lowest BCUT2D eigenvalue weighted by molar-refractivity contribution is -0.143. The van der Waals surface area contributed by atoms with E-state index in [4.69, 9.17) is 0 Å². The number of amides is 2. The van der Waals surface area contributed by atoms with Crippen LogP contribution in [0.15, 0.2) is 35.7 Å². The Morgan fingerprint density at radius 2 is 1.57 bits per heavy atom. The summed E-state index contributed by atoms with van der Waals surface area (Å²) in [5, 5.41) is 6.30. The van der Waals surface area contributed by atoms with Gasteiger partial charge in [-0.2, -0.15) is 26.3 Å². The Morgan fingerprint density at radius 1 is 0.964 bits per heavy atom. The number of benzene rings is 1. The highest BCUT2D eigenvalue weighted by Gasteiger charge is 2.37. The monoisotopic (exact) mass is 424 g/mol. The van der Waals surface area contributed by atoms with Crippen molar-refractivity contribution in [1.29, 1.82) is 0 Å². The highest BCUT2D eigenvalue weighted by atomic mass is 32.1. The van der Waals surface area contributed by atoms with Crippen LogP contribution in [0.1, 0.15) is 33.6 Å². The molecule has 0 spiro atoms. The van der Waals surface area contributed by atoms with E-state index in [0.717, 1.165) is 0 Å². The summed E-state index contributed by atoms with van der Waals surface area (Å²) in [7, 11) is 0. The predicted molar refractivity (Wildman–Crippen MR) is 91.0 cm³/mol. The van der Waals surface area contributed by atoms with Crippen LogP contribution >= 0.6 is 11.3 Å². The number of halogens is 6. The van der Waals surface area contributed by atoms with Gasteiger partial charge >= 0.3 is 12.4 Å². The van der Waals surface area contributed by atoms with E-state index in [1.54, 1.807) is 17.5 Å². The van der Waals surface area contributed by atoms with Crippen LogP contribution in [0.3, 0.4) is 0 Å². The number of thiophene rings is 1. The zero-order chi connectivity index (χ0) is 20.9. The third-order valence-corrected chi connectivity index (χ3v) is 4.35. The van der Waals surface area contributed by atoms with Crippen LogP contribution in [0.5, 0.6) is 0 Å². The first-order chi connectivity index (χ1) is 13.0. The predicted octanol–water partition coefficient (Wildman–Crippen LogP) is 4.93. The zero-order valence-electron chi connectivity index (χ0n) is 14.1. The maximum absolute atomic E-state index is 12.8. The summed E-state index contributed by atoms with van der Waals surface area (Å²) < 4.78 is 76.8. The molecule has 0 saturated heterocycles. The number of carbonyl (C=O) groups excluding carboxylic acids is 2. The maximum atomic E-state index is 12.8. The molecule has 0 fully saturated rings. The summed E-state index contributed by atoms with van der Waals surface area (Å²) in [5.41, 5.74) is -3.63. The second-order valence-corrected chi connectivity index (χ2v) is 6.63. The Labute approximate surface area is 159 Å². The van der Waals surface area contributed by atoms with Crippen molar-refractivity contribution in [2.45, 2.75) is 25.2 Å². The number of rotatable bonds is 6. The van der Waals surface area contributed by atoms with Gasteiger partial charge < -0.3 is 10.6 Å². The second-order valence-electron chi connectivity index (χ2n) is 5.68. The molecule has 0 aliphatic carbocycles. The normalized spacial score (nSPS) is 11.9. The largest absolute Gasteiger partial charge is 0.416 e. The van der Waals surface area contributed by atoms with Crippen LogP contribution in [0.4, 0.5) is 32.0 Å². The first-order valence-electron chi connectivity index (χ1n) is 7.88. The number of anilines is 1. The van der Waals surface area contributed by atoms with Crippen LogP contribution in [-0.2, 0) is 17.1 Å². The molecule has 0 saturated carbocycles. The summed E-state index contributed by atoms with van der Waals surface area (Å²) in [4.78, 5) is 24.0. The van der Waals surface area contributed by atoms with E-state index in [0.29, 0.717) is 17.0 Å². The summed E-state index contributed by atoms with van der Waals surface area (Å²) in [5.74, 6) is -1.10. The summed E-state index contributed by atoms with van der Waals surface area (Å²) in [6, 6.07) is 4.16. The Bertz CT molecular complexity index is 799. The van der Waals surface area contributed by atoms with E-state index in [1.807, 2.05) is 5.32 Å². The molecule has 0 unspecified atom stereocenters. The van der Waals surface area contributed by atoms with Crippen LogP contribution in [0.2, 0.25) is 0 Å². The molecule has 2 aromatic rings. The van der Waals surface area contributed by atoms with Gasteiger partial charge in [0, 0.05) is 18.7 Å². The average Bonchev–Trinajstić information content (AvgIpc) is 3.11. The molecular formula is C17H14F6N2O2S. The molecule has 0 aliphatic heterocycles. The van der Waals surface area contributed by atoms with Gasteiger partial charge in [-0.1, -0.05) is 6.07 Å². The van der Waals surface area contributed by atoms with Crippen LogP contribution in [0.25, 0.3) is 0 Å². The van der Waals surface area contributed by atoms with Crippen LogP contribution < -0.4 is 10.6 Å². The van der Waals surface area contributed by atoms with Gasteiger partial charge in [0.1, 0.15) is 0 Å². The Morgan fingerprint density at radius 3 is 2.07 bits per heavy atom. The summed E-state index contributed by atoms with van der Waals surface area (Å²) >= 11 is 1.23. The molecule has 0 radical (unpaired) electrons. The van der Waals surface area contributed by atoms with Gasteiger partial charge in [0.25, 0.3) is 5.91 Å². The average molecular weight is 424 g/mol. The van der Waals surface area contributed by atoms with Crippen LogP contribution in [0, 0.1) is 0 Å². The fraction of sp³-hybridized carbons (Fsp3) is 0.294. The number of hydrogen-bond donors (Lipinski definition) is 2. The van der Waals surface area contributed by atoms with Crippen molar-refractivity contribution >= 4 is 28.8 Å². The quantitative estimate of drug-likeness (QED) is 0.510. The van der Waals surface area contributed by atoms with E-state index in [2.05, 4.69) is 5.32 Å². The number of alkyl halides is 6. The van der Waals surface area contributed by atoms with Crippen molar-refractivity contribution in [2.75, 3.05) is 11.9 Å². The van der Waals surface area contributed by atoms with Gasteiger partial charge in [-0.25, -0.2) is 0 Å². The Hall–Kier alpha value is -2.56. The van der Waals surface area contributed by atoms with Gasteiger partial charge in [-0.3, -0.25) is 9.59 Å². The number of hydrogen-bond acceptors (Lipinski definition) is 3. The van der Waals surface area contributed by atoms with Gasteiger partial charge in [0.2, 0.25) is 5.91 Å². The maximum Gasteiger partial charge on any atom is 0.416 e. The first-order valence-corrected chi connectivity index (χ1v) is 8.76. The molecule has 0 bridgehead atoms. The van der Waals surface area contributed by atoms with Crippen molar-refractivity contribution in [2.24, 2.45) is 0 Å². The third kappa shape index (κ3) is 6.25. The summed E-state index contributed by atoms with van der Waals surface area (Å²) in [6.07, 6.45) is -10.0. The van der Waals surface area contributed by atoms with Crippen molar-refractivity contribution in [3.8, 4) is 0 Å². The molecule has 152 valence electrons. The number of carbonyl (C=O) groups is 2. The van der Waals surface area contributed by atoms with Gasteiger partial charge in [0.15, 0.2) is 0 Å². The fourth-order valence-electron chi connectivity index (χ4n) is 2.20. The van der Waals surface area contributed by atoms with E-state index >= 15 is 0 Å². The zero-order valence-corrected chi connectivity index (χ0v) is 14.9. The molecule has 11 heteroatoms. The Kier molecular flexibility index (Phi) is 6.70. The molecular weight excluding hydrogens is 410 g/mol. The van der Waals surface area contributed by atoms with E-state index in [9.17, 15) is 35.9 Å². The topological polar surface area (TPSA) is 58.2 Å². The number of nitrogens with one attached hydrogen (secondary N) is 2. The molecule has 2 rings (SSSR count). The van der Waals surface area contributed by atoms with Crippen molar-refractivity contribution in [3.63, 3.8) is 0 Å². The van der Waals surface area contributed by atoms with E-state index in [1.165, 1.54) is 11.3 Å². The van der Waals surface area contributed by atoms with Gasteiger partial charge in [0.05, 0.1) is 16.0 Å². The Balaban J connectivity index is 1.94. The molecule has 0 atom stereocenters. The van der Waals surface area contributed by atoms with Crippen LogP contribution in [-0.4, -0.2) is 18.4 Å². The van der Waals surface area contributed by atoms with Crippen molar-refractivity contribution in [3.05, 3.63) is 51.7 Å². The van der Waals surface area contributed by atoms with E-state index < -0.39 is 35.1 Å². The highest BCUT2D eigenvalue weighted by molar-refractivity contribution is 7.12. The minimum absolute atomic E-state index is 0.0181. The molecule has 2 amide bonds. The molecule has 2 N–H and O–H groups in total. The molecule has 1 aromatic heterocycles. The molecule has 0 aliphatic rings. The lowest BCUT2D eigenvalue weighted by Crippen LogP contribution is -2.24. The lowest BCUT2D eigenvalue weighted by Gasteiger charge is -2.14. The molecule has 28 heavy (non-hydrogen) atoms. The van der Waals surface area contributed by atoms with E-state index in [-0.39, 0.29) is 31.4 Å². The third-order valence-electron chi connectivity index (χ3n) is 3.48. The SMILES string of the molecule is O=C(CCCNC(=O)c1cccs1)Nc1cc(C(F)(F)F)cc(C(F)(F)F)c1. The standard InChI is InChI=1S/C17H14F6N2O2S/c18-16(19,20)10-7-11(17(21,22)23)9-12(8-10)25-14(26)4-1-5-24-15(27)13-3-2-6-28-13/h2-3,6-9H,1,4-5H2,(H,24,27)(H,25,26). The van der Waals surface area contributed by atoms with Crippen molar-refractivity contribution < 1.29 is 35.9 Å². The van der Waals surface area contributed by atoms with Gasteiger partial charge in [-0.15, -0.1) is 11.3 Å². The highest BCUT2D eigenvalue weighted by Crippen LogP contribution is 2.37. The molecule has 1 heterocycles. The minimum Gasteiger partial charge on any atom is -0.351 e. The lowest BCUT2D eigenvalue weighted by atomic mass is 10.1. The first kappa shape index (κ1) is 21.7. The fourth-order valence-corrected chi connectivity index (χ4v) is 2.84. The molecule has 1 aromatic carbocycles. The molecule has 4 nitrogen and oxygen atoms in total. The summed E-state index contributed by atoms with van der Waals surface area (Å²) in [6.45, 7) is 0.126. The van der Waals surface area contributed by atoms with Crippen molar-refractivity contribution in [1.82, 2.24) is 5.32 Å². The smallest absolute Gasteiger partial charge is 0.351 e. The van der Waals surface area contributed by atoms with Gasteiger partial charge in [-0.05, 0) is 36.1 Å².